The van der Waals surface area contributed by atoms with Crippen molar-refractivity contribution < 1.29 is 19.2 Å². The van der Waals surface area contributed by atoms with Crippen LogP contribution in [0.15, 0.2) is 24.3 Å². The summed E-state index contributed by atoms with van der Waals surface area (Å²) in [4.78, 5) is 44.3. The Labute approximate surface area is 205 Å². The van der Waals surface area contributed by atoms with Gasteiger partial charge < -0.3 is 32.2 Å². The van der Waals surface area contributed by atoms with Gasteiger partial charge in [0.05, 0.1) is 12.6 Å². The van der Waals surface area contributed by atoms with Gasteiger partial charge in [-0.2, -0.15) is 0 Å². The van der Waals surface area contributed by atoms with Crippen LogP contribution in [-0.2, 0) is 20.8 Å². The van der Waals surface area contributed by atoms with Crippen LogP contribution < -0.4 is 27.4 Å². The van der Waals surface area contributed by atoms with Crippen LogP contribution in [0.2, 0.25) is 0 Å². The fraction of sp³-hybridized carbons (Fsp3) is 0.600. The lowest BCUT2D eigenvalue weighted by atomic mass is 10.1. The van der Waals surface area contributed by atoms with Gasteiger partial charge in [-0.1, -0.05) is 60.6 Å². The quantitative estimate of drug-likeness (QED) is 0.346. The number of hydrogen-bond donors (Lipinski definition) is 5. The minimum atomic E-state index is -0.622. The molecule has 0 saturated carbocycles. The van der Waals surface area contributed by atoms with Gasteiger partial charge in [-0.25, -0.2) is 4.79 Å². The van der Waals surface area contributed by atoms with Gasteiger partial charge in [-0.3, -0.25) is 9.59 Å². The molecule has 0 radical (unpaired) electrons. The van der Waals surface area contributed by atoms with E-state index in [1.807, 2.05) is 60.6 Å². The summed E-state index contributed by atoms with van der Waals surface area (Å²) in [5.41, 5.74) is 12.1. The van der Waals surface area contributed by atoms with Crippen LogP contribution in [0.4, 0.5) is 10.5 Å². The van der Waals surface area contributed by atoms with Crippen LogP contribution in [0.25, 0.3) is 0 Å². The normalized spacial score (nSPS) is 10.1. The summed E-state index contributed by atoms with van der Waals surface area (Å²) in [6, 6.07) is 6.21. The summed E-state index contributed by atoms with van der Waals surface area (Å²) in [5, 5.41) is 7.64. The molecule has 9 heteroatoms. The summed E-state index contributed by atoms with van der Waals surface area (Å²) in [6.07, 6.45) is 2.13. The topological polar surface area (TPSA) is 156 Å². The fourth-order valence-electron chi connectivity index (χ4n) is 2.12. The molecule has 1 aromatic rings. The van der Waals surface area contributed by atoms with Gasteiger partial charge in [-0.15, -0.1) is 0 Å². The van der Waals surface area contributed by atoms with Crippen molar-refractivity contribution in [1.82, 2.24) is 10.6 Å². The van der Waals surface area contributed by atoms with Gasteiger partial charge in [0.15, 0.2) is 0 Å². The predicted octanol–water partition coefficient (Wildman–Crippen LogP) is 3.36. The monoisotopic (exact) mass is 481 g/mol. The lowest BCUT2D eigenvalue weighted by Crippen LogP contribution is -2.46. The van der Waals surface area contributed by atoms with E-state index in [1.165, 1.54) is 0 Å². The minimum absolute atomic E-state index is 0.0145. The van der Waals surface area contributed by atoms with Crippen LogP contribution in [0.3, 0.4) is 0 Å². The Kier molecular flexibility index (Phi) is 24.4. The van der Waals surface area contributed by atoms with E-state index in [4.69, 9.17) is 11.5 Å². The molecule has 0 aliphatic heterocycles. The number of urea groups is 1. The number of aryl methyl sites for hydroxylation is 1. The van der Waals surface area contributed by atoms with E-state index in [-0.39, 0.29) is 30.1 Å². The molecule has 0 saturated heterocycles. The highest BCUT2D eigenvalue weighted by Crippen LogP contribution is 2.11. The molecular weight excluding hydrogens is 434 g/mol. The molecule has 0 aliphatic carbocycles. The molecule has 9 nitrogen and oxygen atoms in total. The molecule has 0 fully saturated rings. The molecule has 1 unspecified atom stereocenters. The molecule has 1 atom stereocenters. The Bertz CT molecular complexity index is 691. The van der Waals surface area contributed by atoms with E-state index >= 15 is 0 Å². The largest absolute Gasteiger partial charge is 0.352 e. The minimum Gasteiger partial charge on any atom is -0.352 e. The Balaban J connectivity index is -0.000000736. The zero-order valence-electron chi connectivity index (χ0n) is 22.3. The molecule has 0 bridgehead atoms. The number of nitrogens with one attached hydrogen (secondary N) is 3. The van der Waals surface area contributed by atoms with E-state index in [2.05, 4.69) is 16.0 Å². The van der Waals surface area contributed by atoms with Crippen molar-refractivity contribution >= 4 is 29.3 Å². The summed E-state index contributed by atoms with van der Waals surface area (Å²) in [6.45, 7) is 15.8. The van der Waals surface area contributed by atoms with E-state index in [0.29, 0.717) is 25.1 Å². The molecule has 0 heterocycles. The van der Waals surface area contributed by atoms with Crippen LogP contribution in [-0.4, -0.2) is 42.8 Å². The Morgan fingerprint density at radius 3 is 1.85 bits per heavy atom. The fourth-order valence-corrected chi connectivity index (χ4v) is 2.12. The maximum Gasteiger partial charge on any atom is 0.312 e. The summed E-state index contributed by atoms with van der Waals surface area (Å²) < 4.78 is 0. The van der Waals surface area contributed by atoms with Crippen molar-refractivity contribution in [3.8, 4) is 0 Å². The highest BCUT2D eigenvalue weighted by Gasteiger charge is 2.17. The molecule has 196 valence electrons. The van der Waals surface area contributed by atoms with Gasteiger partial charge in [0, 0.05) is 18.7 Å². The SMILES string of the molecule is CC.CC.CC(=O)CCc1ccc(NC(=O)CNC(=O)C(N)C(C)C)cc1.CCCNC(N)=O. The summed E-state index contributed by atoms with van der Waals surface area (Å²) in [5.74, 6) is -0.487. The number of carbonyl (C=O) groups excluding carboxylic acids is 4. The number of carbonyl (C=O) groups is 4. The van der Waals surface area contributed by atoms with E-state index in [0.717, 1.165) is 12.0 Å². The van der Waals surface area contributed by atoms with Crippen molar-refractivity contribution in [3.05, 3.63) is 29.8 Å². The molecular formula is C25H47N5O4. The first-order valence-corrected chi connectivity index (χ1v) is 12.0. The highest BCUT2D eigenvalue weighted by atomic mass is 16.2. The average molecular weight is 482 g/mol. The van der Waals surface area contributed by atoms with Crippen molar-refractivity contribution in [3.63, 3.8) is 0 Å². The number of anilines is 1. The highest BCUT2D eigenvalue weighted by molar-refractivity contribution is 5.95. The Morgan fingerprint density at radius 2 is 1.47 bits per heavy atom. The van der Waals surface area contributed by atoms with Gasteiger partial charge in [0.2, 0.25) is 11.8 Å². The smallest absolute Gasteiger partial charge is 0.312 e. The predicted molar refractivity (Wildman–Crippen MR) is 140 cm³/mol. The second-order valence-electron chi connectivity index (χ2n) is 7.23. The molecule has 1 aromatic carbocycles. The van der Waals surface area contributed by atoms with Crippen LogP contribution in [0, 0.1) is 5.92 Å². The number of ketones is 1. The first-order chi connectivity index (χ1) is 16.1. The van der Waals surface area contributed by atoms with E-state index < -0.39 is 12.1 Å². The first-order valence-electron chi connectivity index (χ1n) is 12.0. The Hall–Kier alpha value is -2.94. The molecule has 1 rings (SSSR count). The third kappa shape index (κ3) is 20.9. The first kappa shape index (κ1) is 35.6. The van der Waals surface area contributed by atoms with Crippen LogP contribution in [0.1, 0.15) is 73.8 Å². The Morgan fingerprint density at radius 1 is 0.941 bits per heavy atom. The lowest BCUT2D eigenvalue weighted by molar-refractivity contribution is -0.125. The number of Topliss-reactive ketones (excluding diaryl/α,β-unsaturated/α-hetero) is 1. The van der Waals surface area contributed by atoms with Gasteiger partial charge in [0.1, 0.15) is 5.78 Å². The van der Waals surface area contributed by atoms with Gasteiger partial charge >= 0.3 is 6.03 Å². The number of nitrogens with two attached hydrogens (primary N) is 2. The second kappa shape index (κ2) is 23.2. The van der Waals surface area contributed by atoms with Gasteiger partial charge in [0.25, 0.3) is 0 Å². The molecule has 4 amide bonds. The second-order valence-corrected chi connectivity index (χ2v) is 7.23. The van der Waals surface area contributed by atoms with E-state index in [1.54, 1.807) is 19.1 Å². The third-order valence-corrected chi connectivity index (χ3v) is 4.00. The average Bonchev–Trinajstić information content (AvgIpc) is 2.83. The van der Waals surface area contributed by atoms with Crippen molar-refractivity contribution in [2.24, 2.45) is 17.4 Å². The van der Waals surface area contributed by atoms with Crippen LogP contribution >= 0.6 is 0 Å². The van der Waals surface area contributed by atoms with Crippen LogP contribution in [0.5, 0.6) is 0 Å². The van der Waals surface area contributed by atoms with Crippen molar-refractivity contribution in [2.45, 2.75) is 80.7 Å². The molecule has 0 aliphatic rings. The number of primary amides is 1. The van der Waals surface area contributed by atoms with Crippen molar-refractivity contribution in [2.75, 3.05) is 18.4 Å². The number of rotatable bonds is 10. The van der Waals surface area contributed by atoms with E-state index in [9.17, 15) is 19.2 Å². The van der Waals surface area contributed by atoms with Gasteiger partial charge in [-0.05, 0) is 43.4 Å². The number of amides is 4. The maximum atomic E-state index is 11.8. The zero-order valence-corrected chi connectivity index (χ0v) is 22.3. The molecule has 7 N–H and O–H groups in total. The lowest BCUT2D eigenvalue weighted by Gasteiger charge is -2.15. The summed E-state index contributed by atoms with van der Waals surface area (Å²) in [7, 11) is 0. The molecule has 0 spiro atoms. The number of hydrogen-bond acceptors (Lipinski definition) is 5. The number of benzene rings is 1. The molecule has 0 aromatic heterocycles. The molecule has 34 heavy (non-hydrogen) atoms. The summed E-state index contributed by atoms with van der Waals surface area (Å²) >= 11 is 0. The standard InChI is InChI=1S/C17H25N3O3.C4H10N2O.2C2H6/c1-11(2)16(18)17(23)19-10-15(22)20-14-8-6-13(7-9-14)5-4-12(3)21;1-2-3-6-4(5)7;2*1-2/h6-9,11,16H,4-5,10,18H2,1-3H3,(H,19,23)(H,20,22);2-3H2,1H3,(H3,5,6,7);2*1-2H3. The zero-order chi connectivity index (χ0) is 27.1. The third-order valence-electron chi connectivity index (χ3n) is 4.00. The van der Waals surface area contributed by atoms with Crippen molar-refractivity contribution in [1.29, 1.82) is 0 Å². The maximum absolute atomic E-state index is 11.8.